The summed E-state index contributed by atoms with van der Waals surface area (Å²) >= 11 is 1.23. The maximum absolute atomic E-state index is 12.8. The van der Waals surface area contributed by atoms with Crippen LogP contribution in [0.15, 0.2) is 82.9 Å². The van der Waals surface area contributed by atoms with E-state index in [4.69, 9.17) is 14.6 Å². The second-order valence-electron chi connectivity index (χ2n) is 8.57. The third kappa shape index (κ3) is 4.03. The first-order valence-electron chi connectivity index (χ1n) is 11.6. The molecule has 8 nitrogen and oxygen atoms in total. The Hall–Kier alpha value is -4.50. The molecule has 2 aliphatic rings. The molecule has 0 radical (unpaired) electrons. The molecule has 1 unspecified atom stereocenters. The molecule has 1 N–H and O–H groups in total. The van der Waals surface area contributed by atoms with Crippen LogP contribution in [0.2, 0.25) is 0 Å². The van der Waals surface area contributed by atoms with Gasteiger partial charge in [-0.25, -0.2) is 10.0 Å². The highest BCUT2D eigenvalue weighted by molar-refractivity contribution is 7.17. The van der Waals surface area contributed by atoms with E-state index in [1.807, 2.05) is 71.7 Å². The fraction of sp³-hybridized carbons (Fsp3) is 0.143. The van der Waals surface area contributed by atoms with Crippen LogP contribution in [0.3, 0.4) is 0 Å². The summed E-state index contributed by atoms with van der Waals surface area (Å²) in [5.41, 5.74) is 3.23. The standard InChI is InChI=1S/C28H22N4O4S/c1-35-18-11-7-16(8-12-18)22-15-23(17-9-13-19(36-2)14-10-17)32(31-22)28-30-27(34)25(37-28)24-20-5-3-4-6-21(20)29-26(24)33/h3-14,23,34H,15H2,1-2H3. The number of methoxy groups -OCH3 is 2. The highest BCUT2D eigenvalue weighted by Crippen LogP contribution is 2.43. The van der Waals surface area contributed by atoms with Gasteiger partial charge in [0.05, 0.1) is 36.9 Å². The quantitative estimate of drug-likeness (QED) is 0.426. The molecule has 0 bridgehead atoms. The van der Waals surface area contributed by atoms with Crippen molar-refractivity contribution in [1.29, 1.82) is 0 Å². The topological polar surface area (TPSA) is 96.6 Å². The van der Waals surface area contributed by atoms with E-state index in [0.29, 0.717) is 32.6 Å². The number of nitrogens with zero attached hydrogens (tertiary/aromatic N) is 4. The highest BCUT2D eigenvalue weighted by Gasteiger charge is 2.34. The van der Waals surface area contributed by atoms with Crippen molar-refractivity contribution in [2.75, 3.05) is 19.2 Å². The minimum atomic E-state index is -0.387. The number of ether oxygens (including phenoxy) is 2. The summed E-state index contributed by atoms with van der Waals surface area (Å²) in [7, 11) is 3.27. The molecule has 184 valence electrons. The predicted molar refractivity (Wildman–Crippen MR) is 141 cm³/mol. The van der Waals surface area contributed by atoms with Gasteiger partial charge in [0, 0.05) is 11.6 Å². The minimum Gasteiger partial charge on any atom is -0.497 e. The summed E-state index contributed by atoms with van der Waals surface area (Å²) in [5.74, 6) is 0.931. The van der Waals surface area contributed by atoms with Gasteiger partial charge in [-0.3, -0.25) is 4.79 Å². The Morgan fingerprint density at radius 3 is 2.32 bits per heavy atom. The van der Waals surface area contributed by atoms with Gasteiger partial charge in [0.2, 0.25) is 11.0 Å². The first kappa shape index (κ1) is 22.9. The number of hydrazone groups is 1. The van der Waals surface area contributed by atoms with E-state index in [2.05, 4.69) is 9.98 Å². The predicted octanol–water partition coefficient (Wildman–Crippen LogP) is 3.58. The number of amides is 1. The SMILES string of the molecule is COc1ccc(C2=NN(c3nc(O)c(C4=c5ccccc5=NC4=O)s3)C(c3ccc(OC)cc3)C2)cc1. The first-order valence-corrected chi connectivity index (χ1v) is 12.4. The number of carbonyl (C=O) groups is 1. The van der Waals surface area contributed by atoms with Crippen LogP contribution in [0.25, 0.3) is 5.57 Å². The van der Waals surface area contributed by atoms with Crippen molar-refractivity contribution >= 4 is 33.7 Å². The van der Waals surface area contributed by atoms with Crippen molar-refractivity contribution in [3.63, 3.8) is 0 Å². The molecular formula is C28H22N4O4S. The molecule has 9 heteroatoms. The molecule has 0 aliphatic carbocycles. The Labute approximate surface area is 216 Å². The van der Waals surface area contributed by atoms with Crippen LogP contribution < -0.4 is 25.1 Å². The molecule has 6 rings (SSSR count). The van der Waals surface area contributed by atoms with Gasteiger partial charge < -0.3 is 14.6 Å². The number of anilines is 1. The van der Waals surface area contributed by atoms with Crippen molar-refractivity contribution in [2.24, 2.45) is 10.1 Å². The third-order valence-corrected chi connectivity index (χ3v) is 7.52. The number of benzene rings is 3. The van der Waals surface area contributed by atoms with Crippen LogP contribution in [0, 0.1) is 0 Å². The van der Waals surface area contributed by atoms with Crippen LogP contribution in [-0.2, 0) is 4.79 Å². The molecule has 1 atom stereocenters. The number of aromatic hydroxyl groups is 1. The lowest BCUT2D eigenvalue weighted by Crippen LogP contribution is -2.22. The van der Waals surface area contributed by atoms with Crippen LogP contribution >= 0.6 is 11.3 Å². The van der Waals surface area contributed by atoms with Crippen LogP contribution in [0.5, 0.6) is 17.4 Å². The first-order chi connectivity index (χ1) is 18.1. The molecule has 0 fully saturated rings. The molecule has 37 heavy (non-hydrogen) atoms. The molecule has 1 amide bonds. The monoisotopic (exact) mass is 510 g/mol. The summed E-state index contributed by atoms with van der Waals surface area (Å²) in [6, 6.07) is 22.7. The molecule has 0 saturated carbocycles. The second-order valence-corrected chi connectivity index (χ2v) is 9.55. The Balaban J connectivity index is 1.44. The van der Waals surface area contributed by atoms with Gasteiger partial charge >= 0.3 is 0 Å². The Morgan fingerprint density at radius 1 is 0.946 bits per heavy atom. The lowest BCUT2D eigenvalue weighted by Gasteiger charge is -2.21. The summed E-state index contributed by atoms with van der Waals surface area (Å²) in [6.45, 7) is 0. The van der Waals surface area contributed by atoms with E-state index < -0.39 is 0 Å². The van der Waals surface area contributed by atoms with Crippen molar-refractivity contribution < 1.29 is 19.4 Å². The molecule has 4 aromatic rings. The number of thiazole rings is 1. The van der Waals surface area contributed by atoms with E-state index in [9.17, 15) is 9.90 Å². The van der Waals surface area contributed by atoms with E-state index >= 15 is 0 Å². The number of fused-ring (bicyclic) bond motifs is 1. The summed E-state index contributed by atoms with van der Waals surface area (Å²) in [4.78, 5) is 21.7. The number of rotatable bonds is 6. The lowest BCUT2D eigenvalue weighted by molar-refractivity contribution is -0.112. The van der Waals surface area contributed by atoms with Gasteiger partial charge in [0.25, 0.3) is 5.91 Å². The number of aromatic nitrogens is 1. The van der Waals surface area contributed by atoms with Crippen molar-refractivity contribution in [3.05, 3.63) is 99.4 Å². The van der Waals surface area contributed by atoms with Gasteiger partial charge in [-0.05, 0) is 53.6 Å². The maximum atomic E-state index is 12.8. The fourth-order valence-electron chi connectivity index (χ4n) is 4.57. The van der Waals surface area contributed by atoms with Crippen molar-refractivity contribution in [3.8, 4) is 17.4 Å². The minimum absolute atomic E-state index is 0.164. The molecule has 0 spiro atoms. The van der Waals surface area contributed by atoms with E-state index in [-0.39, 0.29) is 17.8 Å². The lowest BCUT2D eigenvalue weighted by atomic mass is 9.98. The zero-order valence-electron chi connectivity index (χ0n) is 20.1. The maximum Gasteiger partial charge on any atom is 0.279 e. The molecule has 0 saturated heterocycles. The molecule has 3 aromatic carbocycles. The zero-order chi connectivity index (χ0) is 25.5. The van der Waals surface area contributed by atoms with E-state index in [1.165, 1.54) is 11.3 Å². The molecule has 3 heterocycles. The Kier molecular flexibility index (Phi) is 5.69. The summed E-state index contributed by atoms with van der Waals surface area (Å²) in [6.07, 6.45) is 0.627. The average molecular weight is 511 g/mol. The Morgan fingerprint density at radius 2 is 1.62 bits per heavy atom. The van der Waals surface area contributed by atoms with Crippen LogP contribution in [0.1, 0.15) is 28.5 Å². The molecular weight excluding hydrogens is 488 g/mol. The van der Waals surface area contributed by atoms with Crippen LogP contribution in [-0.4, -0.2) is 35.9 Å². The van der Waals surface area contributed by atoms with Gasteiger partial charge in [-0.15, -0.1) is 0 Å². The van der Waals surface area contributed by atoms with Crippen LogP contribution in [0.4, 0.5) is 5.13 Å². The second kappa shape index (κ2) is 9.18. The van der Waals surface area contributed by atoms with E-state index in [1.54, 1.807) is 20.3 Å². The van der Waals surface area contributed by atoms with Gasteiger partial charge in [0.15, 0.2) is 0 Å². The Bertz CT molecular complexity index is 1660. The van der Waals surface area contributed by atoms with Crippen molar-refractivity contribution in [1.82, 2.24) is 4.98 Å². The number of hydrogen-bond donors (Lipinski definition) is 1. The van der Waals surface area contributed by atoms with Gasteiger partial charge in [-0.2, -0.15) is 10.1 Å². The highest BCUT2D eigenvalue weighted by atomic mass is 32.1. The molecule has 2 aliphatic heterocycles. The third-order valence-electron chi connectivity index (χ3n) is 6.46. The summed E-state index contributed by atoms with van der Waals surface area (Å²) < 4.78 is 10.6. The van der Waals surface area contributed by atoms with E-state index in [0.717, 1.165) is 28.3 Å². The van der Waals surface area contributed by atoms with Crippen molar-refractivity contribution in [2.45, 2.75) is 12.5 Å². The smallest absolute Gasteiger partial charge is 0.279 e. The molecule has 1 aromatic heterocycles. The number of para-hydroxylation sites is 1. The summed E-state index contributed by atoms with van der Waals surface area (Å²) in [5, 5.41) is 19.4. The van der Waals surface area contributed by atoms with Gasteiger partial charge in [-0.1, -0.05) is 41.7 Å². The normalized spacial score (nSPS) is 16.4. The number of hydrogen-bond acceptors (Lipinski definition) is 8. The number of carbonyl (C=O) groups excluding carboxylic acids is 1. The van der Waals surface area contributed by atoms with Gasteiger partial charge in [0.1, 0.15) is 16.4 Å². The largest absolute Gasteiger partial charge is 0.497 e. The fourth-order valence-corrected chi connectivity index (χ4v) is 5.59. The average Bonchev–Trinajstić information content (AvgIpc) is 3.63. The zero-order valence-corrected chi connectivity index (χ0v) is 20.9.